The fourth-order valence-corrected chi connectivity index (χ4v) is 9.72. The Bertz CT molecular complexity index is 2920. The van der Waals surface area contributed by atoms with E-state index in [4.69, 9.17) is 45.0 Å². The molecule has 382 valence electrons. The number of amides is 5. The van der Waals surface area contributed by atoms with Gasteiger partial charge < -0.3 is 39.1 Å². The van der Waals surface area contributed by atoms with Crippen LogP contribution in [0, 0.1) is 6.92 Å². The number of aromatic nitrogens is 4. The number of benzene rings is 3. The van der Waals surface area contributed by atoms with Crippen LogP contribution in [0.1, 0.15) is 39.3 Å². The molecule has 2 saturated heterocycles. The Labute approximate surface area is 418 Å². The van der Waals surface area contributed by atoms with Crippen molar-refractivity contribution in [3.8, 4) is 23.0 Å². The summed E-state index contributed by atoms with van der Waals surface area (Å²) >= 11 is 6.20. The molecule has 0 radical (unpaired) electrons. The van der Waals surface area contributed by atoms with E-state index < -0.39 is 39.7 Å². The summed E-state index contributed by atoms with van der Waals surface area (Å²) in [6.07, 6.45) is -0.160. The molecule has 5 heterocycles. The topological polar surface area (TPSA) is 284 Å². The number of H-pyrrole nitrogens is 1. The van der Waals surface area contributed by atoms with Crippen LogP contribution in [0.5, 0.6) is 11.6 Å². The maximum Gasteiger partial charge on any atom is 0.264 e. The Balaban J connectivity index is 0.692. The third-order valence-corrected chi connectivity index (χ3v) is 13.6. The van der Waals surface area contributed by atoms with E-state index in [-0.39, 0.29) is 85.4 Å². The van der Waals surface area contributed by atoms with Crippen LogP contribution in [0.2, 0.25) is 5.02 Å². The molecule has 23 nitrogen and oxygen atoms in total. The quantitative estimate of drug-likeness (QED) is 0.0439. The second-order valence-electron chi connectivity index (χ2n) is 16.7. The minimum absolute atomic E-state index is 0.0268. The molecule has 5 amide bonds. The summed E-state index contributed by atoms with van der Waals surface area (Å²) in [5, 5.41) is 16.0. The molecule has 72 heavy (non-hydrogen) atoms. The molecule has 3 aliphatic heterocycles. The molecule has 0 spiro atoms. The number of piperidine rings is 1. The number of methoxy groups -OCH3 is 1. The Hall–Kier alpha value is -6.80. The van der Waals surface area contributed by atoms with Crippen LogP contribution in [0.15, 0.2) is 65.6 Å². The van der Waals surface area contributed by atoms with Gasteiger partial charge in [-0.25, -0.2) is 13.4 Å². The van der Waals surface area contributed by atoms with Gasteiger partial charge >= 0.3 is 0 Å². The van der Waals surface area contributed by atoms with Crippen molar-refractivity contribution in [2.24, 2.45) is 0 Å². The molecular weight excluding hydrogens is 980 g/mol. The lowest BCUT2D eigenvalue weighted by molar-refractivity contribution is -0.136. The molecule has 2 atom stereocenters. The highest BCUT2D eigenvalue weighted by atomic mass is 35.5. The number of imide groups is 2. The summed E-state index contributed by atoms with van der Waals surface area (Å²) in [4.78, 5) is 75.0. The van der Waals surface area contributed by atoms with Crippen molar-refractivity contribution >= 4 is 73.6 Å². The maximum absolute atomic E-state index is 13.3. The molecule has 3 aromatic carbocycles. The van der Waals surface area contributed by atoms with Gasteiger partial charge in [-0.3, -0.25) is 48.9 Å². The standard InChI is InChI=1S/C47H53ClN10O13S/c1-28-40-43(55-54-28)52-42(29-6-8-30(9-7-29)56-72(64,65)37-24-31(66-2)10-11-34(37)48)53-45(40)71-26-32-25-57(17-19-70-32)16-18-67-20-21-68-22-23-69-27-39(60)50-15-14-49-35-5-3-4-33-41(35)47(63)58(46(33)62)36-12-13-38(59)51-44(36)61/h3-11,24,32,36,49,56H,12-23,25-27H2,1-2H3,(H,50,60)(H,51,59,61)(H,52,53,54,55)/t32-,36?/m1/s1. The van der Waals surface area contributed by atoms with E-state index >= 15 is 0 Å². The highest BCUT2D eigenvalue weighted by Gasteiger charge is 2.45. The number of rotatable bonds is 24. The lowest BCUT2D eigenvalue weighted by atomic mass is 10.0. The first kappa shape index (κ1) is 51.6. The first-order valence-corrected chi connectivity index (χ1v) is 24.9. The van der Waals surface area contributed by atoms with Crippen molar-refractivity contribution in [1.82, 2.24) is 40.6 Å². The predicted octanol–water partition coefficient (Wildman–Crippen LogP) is 2.55. The summed E-state index contributed by atoms with van der Waals surface area (Å²) < 4.78 is 63.1. The van der Waals surface area contributed by atoms with E-state index in [1.54, 1.807) is 42.5 Å². The molecule has 0 aliphatic carbocycles. The van der Waals surface area contributed by atoms with Gasteiger partial charge in [0, 0.05) is 67.8 Å². The number of anilines is 2. The highest BCUT2D eigenvalue weighted by Crippen LogP contribution is 2.33. The molecule has 8 rings (SSSR count). The lowest BCUT2D eigenvalue weighted by Crippen LogP contribution is -2.54. The van der Waals surface area contributed by atoms with Crippen LogP contribution >= 0.6 is 11.6 Å². The fourth-order valence-electron chi connectivity index (χ4n) is 8.15. The number of nitrogens with zero attached hydrogens (tertiary/aromatic N) is 5. The summed E-state index contributed by atoms with van der Waals surface area (Å²) in [6, 6.07) is 14.6. The molecule has 2 fully saturated rings. The Morgan fingerprint density at radius 2 is 1.72 bits per heavy atom. The number of ether oxygens (including phenoxy) is 6. The summed E-state index contributed by atoms with van der Waals surface area (Å²) in [5.74, 6) is -1.68. The highest BCUT2D eigenvalue weighted by molar-refractivity contribution is 7.92. The third kappa shape index (κ3) is 12.4. The number of carbonyl (C=O) groups excluding carboxylic acids is 5. The van der Waals surface area contributed by atoms with Crippen LogP contribution in [-0.4, -0.2) is 173 Å². The number of hydrogen-bond acceptors (Lipinski definition) is 18. The van der Waals surface area contributed by atoms with Gasteiger partial charge in [-0.15, -0.1) is 0 Å². The van der Waals surface area contributed by atoms with Crippen molar-refractivity contribution in [1.29, 1.82) is 0 Å². The second-order valence-corrected chi connectivity index (χ2v) is 18.8. The van der Waals surface area contributed by atoms with Crippen molar-refractivity contribution in [2.45, 2.75) is 36.8 Å². The molecule has 0 saturated carbocycles. The van der Waals surface area contributed by atoms with E-state index in [9.17, 15) is 32.4 Å². The summed E-state index contributed by atoms with van der Waals surface area (Å²) in [7, 11) is -2.59. The van der Waals surface area contributed by atoms with Gasteiger partial charge in [-0.2, -0.15) is 10.1 Å². The van der Waals surface area contributed by atoms with Gasteiger partial charge in [0.25, 0.3) is 21.8 Å². The third-order valence-electron chi connectivity index (χ3n) is 11.8. The number of fused-ring (bicyclic) bond motifs is 2. The maximum atomic E-state index is 13.3. The van der Waals surface area contributed by atoms with E-state index in [1.165, 1.54) is 25.3 Å². The largest absolute Gasteiger partial charge is 0.497 e. The fraction of sp³-hybridized carbons (Fsp3) is 0.404. The number of hydrogen-bond donors (Lipinski definition) is 5. The number of nitrogens with one attached hydrogen (secondary N) is 5. The lowest BCUT2D eigenvalue weighted by Gasteiger charge is -2.32. The van der Waals surface area contributed by atoms with Gasteiger partial charge in [0.15, 0.2) is 11.5 Å². The van der Waals surface area contributed by atoms with Gasteiger partial charge in [-0.05, 0) is 61.9 Å². The molecule has 5 aromatic rings. The summed E-state index contributed by atoms with van der Waals surface area (Å²) in [6.45, 7) is 6.51. The van der Waals surface area contributed by atoms with Crippen LogP contribution in [0.4, 0.5) is 11.4 Å². The molecule has 0 bridgehead atoms. The minimum atomic E-state index is -4.03. The molecule has 1 unspecified atom stereocenters. The molecule has 25 heteroatoms. The van der Waals surface area contributed by atoms with Crippen LogP contribution in [-0.2, 0) is 43.4 Å². The Morgan fingerprint density at radius 3 is 2.50 bits per heavy atom. The average molecular weight is 1030 g/mol. The molecule has 2 aromatic heterocycles. The first-order chi connectivity index (χ1) is 34.8. The number of carbonyl (C=O) groups is 5. The zero-order chi connectivity index (χ0) is 50.8. The minimum Gasteiger partial charge on any atom is -0.497 e. The zero-order valence-electron chi connectivity index (χ0n) is 39.4. The van der Waals surface area contributed by atoms with Gasteiger partial charge in [0.2, 0.25) is 23.6 Å². The Morgan fingerprint density at radius 1 is 0.944 bits per heavy atom. The molecular formula is C47H53ClN10O13S. The van der Waals surface area contributed by atoms with E-state index in [0.29, 0.717) is 84.9 Å². The smallest absolute Gasteiger partial charge is 0.264 e. The molecule has 5 N–H and O–H groups in total. The second kappa shape index (κ2) is 23.6. The van der Waals surface area contributed by atoms with Crippen LogP contribution < -0.4 is 30.1 Å². The van der Waals surface area contributed by atoms with Crippen molar-refractivity contribution in [3.63, 3.8) is 0 Å². The van der Waals surface area contributed by atoms with Crippen molar-refractivity contribution in [3.05, 3.63) is 82.5 Å². The molecule has 3 aliphatic rings. The van der Waals surface area contributed by atoms with Crippen molar-refractivity contribution < 1.29 is 60.8 Å². The summed E-state index contributed by atoms with van der Waals surface area (Å²) in [5.41, 5.74) is 2.74. The number of halogens is 1. The first-order valence-electron chi connectivity index (χ1n) is 23.0. The SMILES string of the molecule is COc1ccc(Cl)c(S(=O)(=O)Nc2ccc(-c3nc(OC[C@H]4CN(CCOCCOCCOCC(=O)NCCNc5cccc6c5C(=O)N(C5CCC(=O)NC5=O)C6=O)CCO4)c4c(C)[nH]nc4n3)cc2)c1. The Kier molecular flexibility index (Phi) is 16.9. The van der Waals surface area contributed by atoms with Gasteiger partial charge in [0.1, 0.15) is 41.4 Å². The van der Waals surface area contributed by atoms with Crippen LogP contribution in [0.3, 0.4) is 0 Å². The monoisotopic (exact) mass is 1030 g/mol. The van der Waals surface area contributed by atoms with E-state index in [1.807, 2.05) is 6.92 Å². The average Bonchev–Trinajstić information content (AvgIpc) is 3.87. The van der Waals surface area contributed by atoms with Crippen LogP contribution in [0.25, 0.3) is 22.4 Å². The predicted molar refractivity (Wildman–Crippen MR) is 259 cm³/mol. The van der Waals surface area contributed by atoms with E-state index in [0.717, 1.165) is 17.1 Å². The van der Waals surface area contributed by atoms with Crippen molar-refractivity contribution in [2.75, 3.05) is 103 Å². The number of aryl methyl sites for hydroxylation is 1. The number of aromatic amines is 1. The number of morpholine rings is 1. The number of sulfonamides is 1. The van der Waals surface area contributed by atoms with E-state index in [2.05, 4.69) is 40.8 Å². The normalized spacial score (nSPS) is 17.2. The van der Waals surface area contributed by atoms with Gasteiger partial charge in [0.05, 0.1) is 62.9 Å². The zero-order valence-corrected chi connectivity index (χ0v) is 40.9. The van der Waals surface area contributed by atoms with Gasteiger partial charge in [-0.1, -0.05) is 17.7 Å².